The summed E-state index contributed by atoms with van der Waals surface area (Å²) >= 11 is 0. The molecule has 0 aromatic heterocycles. The minimum absolute atomic E-state index is 0.00896. The highest BCUT2D eigenvalue weighted by Crippen LogP contribution is 2.35. The molecular formula is C14H13NO3S. The summed E-state index contributed by atoms with van der Waals surface area (Å²) in [6, 6.07) is 15.6. The van der Waals surface area contributed by atoms with Crippen LogP contribution in [0.3, 0.4) is 0 Å². The third kappa shape index (κ3) is 2.62. The third-order valence-electron chi connectivity index (χ3n) is 2.94. The van der Waals surface area contributed by atoms with Gasteiger partial charge in [-0.25, -0.2) is 8.42 Å². The molecule has 0 aliphatic carbocycles. The van der Waals surface area contributed by atoms with Gasteiger partial charge in [0.05, 0.1) is 17.2 Å². The Morgan fingerprint density at radius 3 is 2.32 bits per heavy atom. The van der Waals surface area contributed by atoms with Crippen LogP contribution in [0.15, 0.2) is 59.5 Å². The van der Waals surface area contributed by atoms with E-state index in [2.05, 4.69) is 4.72 Å². The van der Waals surface area contributed by atoms with Crippen LogP contribution >= 0.6 is 0 Å². The number of sulfonamides is 1. The van der Waals surface area contributed by atoms with Crippen molar-refractivity contribution in [3.8, 4) is 0 Å². The minimum atomic E-state index is -3.55. The predicted octanol–water partition coefficient (Wildman–Crippen LogP) is 2.56. The SMILES string of the molecule is O=S(=O)(Nc1ccccc1C1CO1)c1ccccc1. The van der Waals surface area contributed by atoms with E-state index in [1.54, 1.807) is 42.5 Å². The van der Waals surface area contributed by atoms with Gasteiger partial charge in [0.25, 0.3) is 10.0 Å². The van der Waals surface area contributed by atoms with E-state index in [0.717, 1.165) is 5.56 Å². The van der Waals surface area contributed by atoms with Crippen LogP contribution in [0.4, 0.5) is 5.69 Å². The van der Waals surface area contributed by atoms with Crippen LogP contribution in [0.2, 0.25) is 0 Å². The number of ether oxygens (including phenoxy) is 1. The molecule has 1 atom stereocenters. The Labute approximate surface area is 112 Å². The third-order valence-corrected chi connectivity index (χ3v) is 4.32. The molecule has 0 saturated carbocycles. The molecule has 2 aromatic carbocycles. The number of nitrogens with one attached hydrogen (secondary N) is 1. The predicted molar refractivity (Wildman–Crippen MR) is 72.4 cm³/mol. The van der Waals surface area contributed by atoms with Crippen LogP contribution in [-0.2, 0) is 14.8 Å². The van der Waals surface area contributed by atoms with Gasteiger partial charge in [-0.15, -0.1) is 0 Å². The number of anilines is 1. The zero-order chi connectivity index (χ0) is 13.3. The summed E-state index contributed by atoms with van der Waals surface area (Å²) in [5, 5.41) is 0. The average Bonchev–Trinajstić information content (AvgIpc) is 3.24. The van der Waals surface area contributed by atoms with Crippen LogP contribution < -0.4 is 4.72 Å². The fourth-order valence-corrected chi connectivity index (χ4v) is 3.01. The van der Waals surface area contributed by atoms with Crippen LogP contribution in [0.25, 0.3) is 0 Å². The van der Waals surface area contributed by atoms with Crippen molar-refractivity contribution >= 4 is 15.7 Å². The van der Waals surface area contributed by atoms with Gasteiger partial charge in [-0.3, -0.25) is 4.72 Å². The highest BCUT2D eigenvalue weighted by molar-refractivity contribution is 7.92. The second kappa shape index (κ2) is 4.68. The standard InChI is InChI=1S/C14H13NO3S/c16-19(17,11-6-2-1-3-7-11)15-13-9-5-4-8-12(13)14-10-18-14/h1-9,14-15H,10H2. The monoisotopic (exact) mass is 275 g/mol. The van der Waals surface area contributed by atoms with Crippen molar-refractivity contribution < 1.29 is 13.2 Å². The van der Waals surface area contributed by atoms with Crippen LogP contribution in [0.5, 0.6) is 0 Å². The maximum Gasteiger partial charge on any atom is 0.261 e. The second-order valence-electron chi connectivity index (χ2n) is 4.33. The van der Waals surface area contributed by atoms with Gasteiger partial charge in [-0.05, 0) is 18.2 Å². The number of epoxide rings is 1. The fraction of sp³-hybridized carbons (Fsp3) is 0.143. The van der Waals surface area contributed by atoms with E-state index in [-0.39, 0.29) is 11.0 Å². The molecule has 1 N–H and O–H groups in total. The lowest BCUT2D eigenvalue weighted by Gasteiger charge is -2.11. The lowest BCUT2D eigenvalue weighted by atomic mass is 10.1. The Kier molecular flexibility index (Phi) is 3.00. The second-order valence-corrected chi connectivity index (χ2v) is 6.01. The number of rotatable bonds is 4. The summed E-state index contributed by atoms with van der Waals surface area (Å²) in [6.45, 7) is 0.643. The summed E-state index contributed by atoms with van der Waals surface area (Å²) in [6.07, 6.45) is 0.00896. The molecule has 0 amide bonds. The Morgan fingerprint density at radius 2 is 1.63 bits per heavy atom. The van der Waals surface area contributed by atoms with Crippen LogP contribution in [0, 0.1) is 0 Å². The van der Waals surface area contributed by atoms with Crippen molar-refractivity contribution in [2.45, 2.75) is 11.0 Å². The first kappa shape index (κ1) is 12.2. The Hall–Kier alpha value is -1.85. The molecule has 0 bridgehead atoms. The first-order valence-electron chi connectivity index (χ1n) is 5.95. The average molecular weight is 275 g/mol. The molecule has 98 valence electrons. The van der Waals surface area contributed by atoms with Gasteiger partial charge < -0.3 is 4.74 Å². The van der Waals surface area contributed by atoms with Crippen molar-refractivity contribution in [2.75, 3.05) is 11.3 Å². The molecule has 1 aliphatic rings. The molecule has 1 saturated heterocycles. The van der Waals surface area contributed by atoms with Gasteiger partial charge in [0.15, 0.2) is 0 Å². The highest BCUT2D eigenvalue weighted by atomic mass is 32.2. The maximum atomic E-state index is 12.2. The van der Waals surface area contributed by atoms with Gasteiger partial charge in [-0.2, -0.15) is 0 Å². The van der Waals surface area contributed by atoms with Crippen molar-refractivity contribution in [1.29, 1.82) is 0 Å². The zero-order valence-corrected chi connectivity index (χ0v) is 10.9. The van der Waals surface area contributed by atoms with Gasteiger partial charge in [-0.1, -0.05) is 36.4 Å². The van der Waals surface area contributed by atoms with Crippen molar-refractivity contribution in [3.05, 3.63) is 60.2 Å². The number of hydrogen-bond acceptors (Lipinski definition) is 3. The normalized spacial score (nSPS) is 18.0. The van der Waals surface area contributed by atoms with E-state index in [0.29, 0.717) is 12.3 Å². The summed E-state index contributed by atoms with van der Waals surface area (Å²) in [5.74, 6) is 0. The fourth-order valence-electron chi connectivity index (χ4n) is 1.90. The Bertz CT molecular complexity index is 679. The van der Waals surface area contributed by atoms with E-state index in [4.69, 9.17) is 4.74 Å². The molecule has 1 aliphatic heterocycles. The molecule has 1 fully saturated rings. The molecule has 0 radical (unpaired) electrons. The minimum Gasteiger partial charge on any atom is -0.368 e. The summed E-state index contributed by atoms with van der Waals surface area (Å²) < 4.78 is 32.3. The molecule has 19 heavy (non-hydrogen) atoms. The maximum absolute atomic E-state index is 12.2. The summed E-state index contributed by atoms with van der Waals surface area (Å²) in [4.78, 5) is 0.251. The smallest absolute Gasteiger partial charge is 0.261 e. The molecule has 5 heteroatoms. The van der Waals surface area contributed by atoms with E-state index in [1.807, 2.05) is 12.1 Å². The van der Waals surface area contributed by atoms with E-state index in [9.17, 15) is 8.42 Å². The first-order chi connectivity index (χ1) is 9.17. The molecular weight excluding hydrogens is 262 g/mol. The molecule has 0 spiro atoms. The molecule has 1 unspecified atom stereocenters. The van der Waals surface area contributed by atoms with E-state index < -0.39 is 10.0 Å². The van der Waals surface area contributed by atoms with Crippen molar-refractivity contribution in [2.24, 2.45) is 0 Å². The Balaban J connectivity index is 1.93. The summed E-state index contributed by atoms with van der Waals surface area (Å²) in [5.41, 5.74) is 1.45. The quantitative estimate of drug-likeness (QED) is 0.872. The Morgan fingerprint density at radius 1 is 1.00 bits per heavy atom. The summed E-state index contributed by atoms with van der Waals surface area (Å²) in [7, 11) is -3.55. The van der Waals surface area contributed by atoms with Gasteiger partial charge in [0.2, 0.25) is 0 Å². The highest BCUT2D eigenvalue weighted by Gasteiger charge is 2.28. The number of hydrogen-bond donors (Lipinski definition) is 1. The lowest BCUT2D eigenvalue weighted by Crippen LogP contribution is -2.14. The van der Waals surface area contributed by atoms with Gasteiger partial charge in [0, 0.05) is 5.56 Å². The zero-order valence-electron chi connectivity index (χ0n) is 10.1. The van der Waals surface area contributed by atoms with E-state index >= 15 is 0 Å². The van der Waals surface area contributed by atoms with Crippen LogP contribution in [0.1, 0.15) is 11.7 Å². The number of benzene rings is 2. The first-order valence-corrected chi connectivity index (χ1v) is 7.43. The van der Waals surface area contributed by atoms with Crippen LogP contribution in [-0.4, -0.2) is 15.0 Å². The topological polar surface area (TPSA) is 58.7 Å². The molecule has 4 nitrogen and oxygen atoms in total. The van der Waals surface area contributed by atoms with E-state index in [1.165, 1.54) is 0 Å². The molecule has 2 aromatic rings. The lowest BCUT2D eigenvalue weighted by molar-refractivity contribution is 0.416. The molecule has 3 rings (SSSR count). The van der Waals surface area contributed by atoms with Crippen molar-refractivity contribution in [1.82, 2.24) is 0 Å². The van der Waals surface area contributed by atoms with Gasteiger partial charge in [0.1, 0.15) is 6.10 Å². The molecule has 1 heterocycles. The number of para-hydroxylation sites is 1. The van der Waals surface area contributed by atoms with Gasteiger partial charge >= 0.3 is 0 Å². The van der Waals surface area contributed by atoms with Crippen molar-refractivity contribution in [3.63, 3.8) is 0 Å². The largest absolute Gasteiger partial charge is 0.368 e.